The average Bonchev–Trinajstić information content (AvgIpc) is 2.25. The average molecular weight is 273 g/mol. The van der Waals surface area contributed by atoms with E-state index in [0.29, 0.717) is 6.42 Å². The lowest BCUT2D eigenvalue weighted by molar-refractivity contribution is -0.121. The molecule has 0 fully saturated rings. The van der Waals surface area contributed by atoms with Gasteiger partial charge in [0.25, 0.3) is 0 Å². The standard InChI is InChI=1S/C14H27NO4/c1-12(2,3)19-11(17)15(7)14(6,10-16)9-13(4,5)18-8/h10H,9H2,1-8H3. The zero-order valence-corrected chi connectivity index (χ0v) is 13.4. The predicted molar refractivity (Wildman–Crippen MR) is 74.2 cm³/mol. The number of carbonyl (C=O) groups excluding carboxylic acids is 2. The highest BCUT2D eigenvalue weighted by Crippen LogP contribution is 2.27. The van der Waals surface area contributed by atoms with E-state index in [0.717, 1.165) is 6.29 Å². The van der Waals surface area contributed by atoms with Crippen LogP contribution in [0.25, 0.3) is 0 Å². The van der Waals surface area contributed by atoms with Crippen LogP contribution in [-0.2, 0) is 14.3 Å². The molecule has 0 bridgehead atoms. The van der Waals surface area contributed by atoms with E-state index in [1.54, 1.807) is 41.9 Å². The third-order valence-corrected chi connectivity index (χ3v) is 3.02. The molecule has 1 amide bonds. The van der Waals surface area contributed by atoms with Crippen LogP contribution in [0.15, 0.2) is 0 Å². The Morgan fingerprint density at radius 2 is 1.63 bits per heavy atom. The number of likely N-dealkylation sites (N-methyl/N-ethyl adjacent to an activating group) is 1. The quantitative estimate of drug-likeness (QED) is 0.723. The van der Waals surface area contributed by atoms with E-state index in [4.69, 9.17) is 9.47 Å². The first-order valence-electron chi connectivity index (χ1n) is 6.35. The molecule has 0 heterocycles. The molecule has 0 rings (SSSR count). The third kappa shape index (κ3) is 5.59. The van der Waals surface area contributed by atoms with Gasteiger partial charge in [-0.25, -0.2) is 4.79 Å². The van der Waals surface area contributed by atoms with E-state index in [1.807, 2.05) is 13.8 Å². The van der Waals surface area contributed by atoms with Gasteiger partial charge in [-0.1, -0.05) is 0 Å². The summed E-state index contributed by atoms with van der Waals surface area (Å²) in [7, 11) is 3.15. The van der Waals surface area contributed by atoms with Crippen molar-refractivity contribution in [1.29, 1.82) is 0 Å². The number of carbonyl (C=O) groups is 2. The van der Waals surface area contributed by atoms with Crippen LogP contribution in [0.4, 0.5) is 4.79 Å². The highest BCUT2D eigenvalue weighted by Gasteiger charge is 2.39. The van der Waals surface area contributed by atoms with Gasteiger partial charge in [0.1, 0.15) is 17.4 Å². The fraction of sp³-hybridized carbons (Fsp3) is 0.857. The van der Waals surface area contributed by atoms with Crippen molar-refractivity contribution in [2.45, 2.75) is 64.7 Å². The summed E-state index contributed by atoms with van der Waals surface area (Å²) in [5.41, 5.74) is -2.07. The van der Waals surface area contributed by atoms with E-state index in [1.165, 1.54) is 4.90 Å². The van der Waals surface area contributed by atoms with Gasteiger partial charge in [-0.3, -0.25) is 4.90 Å². The number of rotatable bonds is 5. The van der Waals surface area contributed by atoms with E-state index >= 15 is 0 Å². The summed E-state index contributed by atoms with van der Waals surface area (Å²) >= 11 is 0. The van der Waals surface area contributed by atoms with Crippen molar-refractivity contribution in [1.82, 2.24) is 4.90 Å². The first-order valence-corrected chi connectivity index (χ1v) is 6.35. The Labute approximate surface area is 116 Å². The smallest absolute Gasteiger partial charge is 0.410 e. The van der Waals surface area contributed by atoms with Gasteiger partial charge < -0.3 is 14.3 Å². The van der Waals surface area contributed by atoms with Gasteiger partial charge in [0, 0.05) is 20.6 Å². The van der Waals surface area contributed by atoms with Crippen molar-refractivity contribution in [2.75, 3.05) is 14.2 Å². The van der Waals surface area contributed by atoms with Crippen molar-refractivity contribution in [3.05, 3.63) is 0 Å². The maximum absolute atomic E-state index is 12.0. The third-order valence-electron chi connectivity index (χ3n) is 3.02. The van der Waals surface area contributed by atoms with Crippen molar-refractivity contribution in [3.8, 4) is 0 Å². The van der Waals surface area contributed by atoms with Crippen LogP contribution >= 0.6 is 0 Å². The fourth-order valence-corrected chi connectivity index (χ4v) is 1.71. The molecular weight excluding hydrogens is 246 g/mol. The lowest BCUT2D eigenvalue weighted by atomic mass is 9.88. The molecule has 0 aromatic carbocycles. The van der Waals surface area contributed by atoms with Gasteiger partial charge in [-0.2, -0.15) is 0 Å². The largest absolute Gasteiger partial charge is 0.444 e. The molecule has 0 aromatic heterocycles. The Morgan fingerprint density at radius 1 is 1.16 bits per heavy atom. The van der Waals surface area contributed by atoms with E-state index < -0.39 is 22.8 Å². The van der Waals surface area contributed by atoms with Crippen LogP contribution in [0.3, 0.4) is 0 Å². The molecule has 0 aromatic rings. The van der Waals surface area contributed by atoms with E-state index in [9.17, 15) is 9.59 Å². The molecule has 0 N–H and O–H groups in total. The number of amides is 1. The highest BCUT2D eigenvalue weighted by atomic mass is 16.6. The molecule has 112 valence electrons. The molecule has 1 unspecified atom stereocenters. The fourth-order valence-electron chi connectivity index (χ4n) is 1.71. The van der Waals surface area contributed by atoms with Crippen molar-refractivity contribution >= 4 is 12.4 Å². The van der Waals surface area contributed by atoms with Gasteiger partial charge in [-0.15, -0.1) is 0 Å². The van der Waals surface area contributed by atoms with Crippen molar-refractivity contribution in [2.24, 2.45) is 0 Å². The number of ether oxygens (including phenoxy) is 2. The topological polar surface area (TPSA) is 55.8 Å². The van der Waals surface area contributed by atoms with Gasteiger partial charge in [-0.05, 0) is 41.5 Å². The van der Waals surface area contributed by atoms with Crippen LogP contribution < -0.4 is 0 Å². The minimum Gasteiger partial charge on any atom is -0.444 e. The van der Waals surface area contributed by atoms with E-state index in [-0.39, 0.29) is 0 Å². The second kappa shape index (κ2) is 5.90. The second-order valence-electron chi connectivity index (χ2n) is 6.65. The molecule has 1 atom stereocenters. The number of hydrogen-bond donors (Lipinski definition) is 0. The SMILES string of the molecule is COC(C)(C)CC(C)(C=O)N(C)C(=O)OC(C)(C)C. The second-order valence-corrected chi connectivity index (χ2v) is 6.65. The normalized spacial score (nSPS) is 15.6. The molecule has 0 saturated carbocycles. The zero-order chi connectivity index (χ0) is 15.5. The first-order chi connectivity index (χ1) is 8.37. The minimum atomic E-state index is -0.970. The van der Waals surface area contributed by atoms with Crippen LogP contribution in [0.1, 0.15) is 48.0 Å². The summed E-state index contributed by atoms with van der Waals surface area (Å²) in [6, 6.07) is 0. The minimum absolute atomic E-state index is 0.385. The summed E-state index contributed by atoms with van der Waals surface area (Å²) in [5, 5.41) is 0. The lowest BCUT2D eigenvalue weighted by Crippen LogP contribution is -2.53. The number of nitrogens with zero attached hydrogens (tertiary/aromatic N) is 1. The molecule has 0 aliphatic heterocycles. The molecule has 0 aliphatic carbocycles. The molecule has 0 aliphatic rings. The Balaban J connectivity index is 5.03. The van der Waals surface area contributed by atoms with Crippen LogP contribution in [-0.4, -0.2) is 48.2 Å². The maximum Gasteiger partial charge on any atom is 0.410 e. The van der Waals surface area contributed by atoms with Gasteiger partial charge >= 0.3 is 6.09 Å². The summed E-state index contributed by atoms with van der Waals surface area (Å²) in [5.74, 6) is 0. The number of hydrogen-bond acceptors (Lipinski definition) is 4. The van der Waals surface area contributed by atoms with Gasteiger partial charge in [0.05, 0.1) is 5.60 Å². The summed E-state index contributed by atoms with van der Waals surface area (Å²) in [4.78, 5) is 24.8. The van der Waals surface area contributed by atoms with Crippen LogP contribution in [0.5, 0.6) is 0 Å². The Kier molecular flexibility index (Phi) is 5.56. The summed E-state index contributed by atoms with van der Waals surface area (Å²) in [6.45, 7) is 10.8. The molecule has 5 nitrogen and oxygen atoms in total. The number of aldehydes is 1. The van der Waals surface area contributed by atoms with E-state index in [2.05, 4.69) is 0 Å². The first kappa shape index (κ1) is 17.9. The predicted octanol–water partition coefficient (Wildman–Crippen LogP) is 2.63. The van der Waals surface area contributed by atoms with Crippen molar-refractivity contribution < 1.29 is 19.1 Å². The molecule has 0 saturated heterocycles. The number of methoxy groups -OCH3 is 1. The van der Waals surface area contributed by atoms with Gasteiger partial charge in [0.2, 0.25) is 0 Å². The monoisotopic (exact) mass is 273 g/mol. The van der Waals surface area contributed by atoms with Gasteiger partial charge in [0.15, 0.2) is 0 Å². The van der Waals surface area contributed by atoms with Crippen molar-refractivity contribution in [3.63, 3.8) is 0 Å². The Bertz CT molecular complexity index is 333. The molecule has 5 heteroatoms. The zero-order valence-electron chi connectivity index (χ0n) is 13.4. The Hall–Kier alpha value is -1.10. The summed E-state index contributed by atoms with van der Waals surface area (Å²) < 4.78 is 10.6. The maximum atomic E-state index is 12.0. The molecule has 0 radical (unpaired) electrons. The Morgan fingerprint density at radius 3 is 1.95 bits per heavy atom. The molecule has 19 heavy (non-hydrogen) atoms. The highest BCUT2D eigenvalue weighted by molar-refractivity contribution is 5.76. The van der Waals surface area contributed by atoms with Crippen LogP contribution in [0.2, 0.25) is 0 Å². The summed E-state index contributed by atoms with van der Waals surface area (Å²) in [6.07, 6.45) is 0.627. The molecule has 0 spiro atoms. The lowest BCUT2D eigenvalue weighted by Gasteiger charge is -2.39. The van der Waals surface area contributed by atoms with Crippen LogP contribution in [0, 0.1) is 0 Å². The molecular formula is C14H27NO4.